The number of nitrogens with one attached hydrogen (secondary N) is 1. The number of halogens is 1. The van der Waals surface area contributed by atoms with Crippen LogP contribution in [0.1, 0.15) is 10.4 Å². The fourth-order valence-electron chi connectivity index (χ4n) is 2.44. The van der Waals surface area contributed by atoms with Crippen LogP contribution in [0, 0.1) is 0 Å². The number of thiazole rings is 1. The topological polar surface area (TPSA) is 57.5 Å². The fourth-order valence-corrected chi connectivity index (χ4v) is 3.45. The predicted molar refractivity (Wildman–Crippen MR) is 101 cm³/mol. The number of allylic oxidation sites excluding steroid dienone is 1. The smallest absolute Gasteiger partial charge is 0.231 e. The number of anilines is 2. The average Bonchev–Trinajstić information content (AvgIpc) is 3.14. The van der Waals surface area contributed by atoms with Gasteiger partial charge in [-0.1, -0.05) is 53.3 Å². The normalized spacial score (nSPS) is 14.1. The minimum Gasteiger partial charge on any atom is -0.492 e. The van der Waals surface area contributed by atoms with E-state index in [1.165, 1.54) is 11.3 Å². The number of fused-ring (bicyclic) bond motifs is 1. The van der Waals surface area contributed by atoms with E-state index in [-0.39, 0.29) is 5.88 Å². The van der Waals surface area contributed by atoms with Gasteiger partial charge >= 0.3 is 0 Å². The molecule has 0 spiro atoms. The lowest BCUT2D eigenvalue weighted by atomic mass is 10.1. The SMILES string of the molecule is Oc1nc(Nc2ccccc2Cl)sc1/C=C1/C=Nc2ccccc21. The van der Waals surface area contributed by atoms with Gasteiger partial charge in [0.2, 0.25) is 5.88 Å². The molecule has 1 aromatic heterocycles. The number of rotatable bonds is 3. The largest absolute Gasteiger partial charge is 0.492 e. The summed E-state index contributed by atoms with van der Waals surface area (Å²) in [4.78, 5) is 9.20. The average molecular weight is 354 g/mol. The van der Waals surface area contributed by atoms with Crippen LogP contribution < -0.4 is 5.32 Å². The van der Waals surface area contributed by atoms with Crippen molar-refractivity contribution < 1.29 is 5.11 Å². The highest BCUT2D eigenvalue weighted by molar-refractivity contribution is 7.16. The molecule has 0 amide bonds. The van der Waals surface area contributed by atoms with E-state index in [2.05, 4.69) is 15.3 Å². The lowest BCUT2D eigenvalue weighted by Gasteiger charge is -2.03. The number of benzene rings is 2. The maximum atomic E-state index is 10.1. The van der Waals surface area contributed by atoms with Gasteiger partial charge in [-0.15, -0.1) is 0 Å². The van der Waals surface area contributed by atoms with Gasteiger partial charge in [0.05, 0.1) is 21.3 Å². The molecule has 2 N–H and O–H groups in total. The lowest BCUT2D eigenvalue weighted by Crippen LogP contribution is -1.89. The molecule has 0 bridgehead atoms. The van der Waals surface area contributed by atoms with E-state index < -0.39 is 0 Å². The highest BCUT2D eigenvalue weighted by Gasteiger charge is 2.14. The molecule has 2 aromatic carbocycles. The van der Waals surface area contributed by atoms with E-state index in [4.69, 9.17) is 11.6 Å². The molecule has 2 heterocycles. The first-order valence-corrected chi connectivity index (χ1v) is 8.47. The van der Waals surface area contributed by atoms with Crippen molar-refractivity contribution >= 4 is 57.3 Å². The zero-order valence-electron chi connectivity index (χ0n) is 12.4. The molecule has 0 radical (unpaired) electrons. The Morgan fingerprint density at radius 2 is 1.88 bits per heavy atom. The maximum absolute atomic E-state index is 10.1. The Bertz CT molecular complexity index is 978. The summed E-state index contributed by atoms with van der Waals surface area (Å²) in [6.45, 7) is 0. The minimum absolute atomic E-state index is 0.0140. The van der Waals surface area contributed by atoms with Crippen LogP contribution in [0.25, 0.3) is 11.6 Å². The van der Waals surface area contributed by atoms with Crippen molar-refractivity contribution in [2.75, 3.05) is 5.32 Å². The summed E-state index contributed by atoms with van der Waals surface area (Å²) in [5.41, 5.74) is 3.68. The van der Waals surface area contributed by atoms with Crippen molar-refractivity contribution in [1.82, 2.24) is 4.98 Å². The Hall–Kier alpha value is -2.63. The van der Waals surface area contributed by atoms with E-state index >= 15 is 0 Å². The van der Waals surface area contributed by atoms with Crippen LogP contribution in [0.15, 0.2) is 53.5 Å². The lowest BCUT2D eigenvalue weighted by molar-refractivity contribution is 0.457. The second kappa shape index (κ2) is 6.11. The van der Waals surface area contributed by atoms with Crippen LogP contribution in [0.3, 0.4) is 0 Å². The molecule has 0 saturated heterocycles. The molecule has 1 aliphatic rings. The summed E-state index contributed by atoms with van der Waals surface area (Å²) in [6.07, 6.45) is 3.69. The van der Waals surface area contributed by atoms with Gasteiger partial charge in [-0.2, -0.15) is 4.98 Å². The van der Waals surface area contributed by atoms with Crippen molar-refractivity contribution in [1.29, 1.82) is 0 Å². The van der Waals surface area contributed by atoms with E-state index in [1.54, 1.807) is 12.3 Å². The van der Waals surface area contributed by atoms with Crippen LogP contribution in [0.5, 0.6) is 5.88 Å². The third-order valence-electron chi connectivity index (χ3n) is 3.59. The van der Waals surface area contributed by atoms with Gasteiger partial charge in [0.15, 0.2) is 5.13 Å². The molecule has 118 valence electrons. The molecule has 6 heteroatoms. The molecule has 0 unspecified atom stereocenters. The van der Waals surface area contributed by atoms with Gasteiger partial charge in [-0.3, -0.25) is 4.99 Å². The second-order valence-electron chi connectivity index (χ2n) is 5.19. The summed E-state index contributed by atoms with van der Waals surface area (Å²) in [6, 6.07) is 15.3. The number of hydrogen-bond acceptors (Lipinski definition) is 5. The van der Waals surface area contributed by atoms with E-state index in [0.717, 1.165) is 22.5 Å². The number of nitrogens with zero attached hydrogens (tertiary/aromatic N) is 2. The highest BCUT2D eigenvalue weighted by atomic mass is 35.5. The van der Waals surface area contributed by atoms with Gasteiger partial charge in [-0.05, 0) is 24.3 Å². The molecular weight excluding hydrogens is 342 g/mol. The third-order valence-corrected chi connectivity index (χ3v) is 4.83. The Balaban J connectivity index is 1.65. The van der Waals surface area contributed by atoms with Crippen LogP contribution >= 0.6 is 22.9 Å². The summed E-state index contributed by atoms with van der Waals surface area (Å²) in [7, 11) is 0. The first kappa shape index (κ1) is 14.9. The number of aromatic hydroxyl groups is 1. The quantitative estimate of drug-likeness (QED) is 0.653. The van der Waals surface area contributed by atoms with Crippen molar-refractivity contribution in [3.05, 3.63) is 64.0 Å². The van der Waals surface area contributed by atoms with Gasteiger partial charge < -0.3 is 10.4 Å². The molecular formula is C18H12ClN3OS. The molecule has 0 fully saturated rings. The number of aliphatic imine (C=N–C) groups is 1. The molecule has 4 rings (SSSR count). The molecule has 1 aliphatic heterocycles. The summed E-state index contributed by atoms with van der Waals surface area (Å²) in [5, 5.41) is 14.4. The van der Waals surface area contributed by atoms with Crippen molar-refractivity contribution in [3.63, 3.8) is 0 Å². The Morgan fingerprint density at radius 3 is 2.75 bits per heavy atom. The molecule has 24 heavy (non-hydrogen) atoms. The molecule has 0 saturated carbocycles. The van der Waals surface area contributed by atoms with Gasteiger partial charge in [0.25, 0.3) is 0 Å². The molecule has 0 aliphatic carbocycles. The first-order valence-electron chi connectivity index (χ1n) is 7.27. The third kappa shape index (κ3) is 2.79. The summed E-state index contributed by atoms with van der Waals surface area (Å²) < 4.78 is 0. The highest BCUT2D eigenvalue weighted by Crippen LogP contribution is 2.37. The zero-order valence-corrected chi connectivity index (χ0v) is 14.0. The number of aromatic nitrogens is 1. The zero-order chi connectivity index (χ0) is 16.5. The molecule has 4 nitrogen and oxygen atoms in total. The van der Waals surface area contributed by atoms with Crippen LogP contribution in [-0.4, -0.2) is 16.3 Å². The van der Waals surface area contributed by atoms with E-state index in [9.17, 15) is 5.11 Å². The molecule has 0 atom stereocenters. The Kier molecular flexibility index (Phi) is 3.80. The van der Waals surface area contributed by atoms with Crippen LogP contribution in [-0.2, 0) is 0 Å². The van der Waals surface area contributed by atoms with Crippen LogP contribution in [0.4, 0.5) is 16.5 Å². The van der Waals surface area contributed by atoms with Gasteiger partial charge in [0.1, 0.15) is 0 Å². The van der Waals surface area contributed by atoms with Gasteiger partial charge in [-0.25, -0.2) is 0 Å². The van der Waals surface area contributed by atoms with Crippen molar-refractivity contribution in [2.45, 2.75) is 0 Å². The summed E-state index contributed by atoms with van der Waals surface area (Å²) >= 11 is 7.49. The molecule has 3 aromatic rings. The Labute approximate surface area is 147 Å². The van der Waals surface area contributed by atoms with Gasteiger partial charge in [0, 0.05) is 17.4 Å². The predicted octanol–water partition coefficient (Wildman–Crippen LogP) is 5.50. The second-order valence-corrected chi connectivity index (χ2v) is 6.62. The number of para-hydroxylation sites is 2. The van der Waals surface area contributed by atoms with Crippen LogP contribution in [0.2, 0.25) is 5.02 Å². The monoisotopic (exact) mass is 353 g/mol. The fraction of sp³-hybridized carbons (Fsp3) is 0. The first-order chi connectivity index (χ1) is 11.7. The standard InChI is InChI=1S/C18H12ClN3OS/c19-13-6-2-4-8-15(13)21-18-22-17(23)16(24-18)9-11-10-20-14-7-3-1-5-12(11)14/h1-10,23H,(H,21,22)/b11-9-. The number of hydrogen-bond donors (Lipinski definition) is 2. The van der Waals surface area contributed by atoms with E-state index in [1.807, 2.05) is 48.5 Å². The van der Waals surface area contributed by atoms with Crippen molar-refractivity contribution in [3.8, 4) is 5.88 Å². The minimum atomic E-state index is -0.0140. The summed E-state index contributed by atoms with van der Waals surface area (Å²) in [5.74, 6) is -0.0140. The Morgan fingerprint density at radius 1 is 1.08 bits per heavy atom. The maximum Gasteiger partial charge on any atom is 0.231 e. The van der Waals surface area contributed by atoms with E-state index in [0.29, 0.717) is 15.0 Å². The van der Waals surface area contributed by atoms with Crippen molar-refractivity contribution in [2.24, 2.45) is 4.99 Å².